The highest BCUT2D eigenvalue weighted by Gasteiger charge is 2.27. The maximum absolute atomic E-state index is 12.8. The Kier molecular flexibility index (Phi) is 6.60. The lowest BCUT2D eigenvalue weighted by atomic mass is 10.1. The summed E-state index contributed by atoms with van der Waals surface area (Å²) >= 11 is 1.38. The third kappa shape index (κ3) is 4.55. The molecule has 1 fully saturated rings. The van der Waals surface area contributed by atoms with Gasteiger partial charge in [0, 0.05) is 18.0 Å². The number of esters is 1. The van der Waals surface area contributed by atoms with Crippen molar-refractivity contribution in [2.24, 2.45) is 0 Å². The molecule has 4 rings (SSSR count). The van der Waals surface area contributed by atoms with Crippen LogP contribution >= 0.6 is 11.3 Å². The molecule has 0 unspecified atom stereocenters. The Morgan fingerprint density at radius 3 is 2.69 bits per heavy atom. The largest absolute Gasteiger partial charge is 0.452 e. The number of nitriles is 1. The summed E-state index contributed by atoms with van der Waals surface area (Å²) < 4.78 is 32.2. The molecule has 0 radical (unpaired) electrons. The fraction of sp³-hybridized carbons (Fsp3) is 0.409. The van der Waals surface area contributed by atoms with E-state index >= 15 is 0 Å². The molecule has 1 aromatic carbocycles. The van der Waals surface area contributed by atoms with E-state index in [1.54, 1.807) is 0 Å². The van der Waals surface area contributed by atoms with Crippen LogP contribution in [-0.4, -0.2) is 44.3 Å². The van der Waals surface area contributed by atoms with E-state index in [1.807, 2.05) is 0 Å². The Morgan fingerprint density at radius 2 is 1.94 bits per heavy atom. The molecular formula is C22H23N3O5S2. The van der Waals surface area contributed by atoms with Gasteiger partial charge in [0.2, 0.25) is 10.0 Å². The van der Waals surface area contributed by atoms with E-state index in [-0.39, 0.29) is 10.5 Å². The van der Waals surface area contributed by atoms with Gasteiger partial charge in [0.1, 0.15) is 11.1 Å². The van der Waals surface area contributed by atoms with E-state index in [9.17, 15) is 23.3 Å². The van der Waals surface area contributed by atoms with Crippen LogP contribution in [0, 0.1) is 11.3 Å². The summed E-state index contributed by atoms with van der Waals surface area (Å²) in [4.78, 5) is 25.9. The Morgan fingerprint density at radius 1 is 1.16 bits per heavy atom. The van der Waals surface area contributed by atoms with E-state index in [0.29, 0.717) is 23.7 Å². The van der Waals surface area contributed by atoms with Crippen molar-refractivity contribution in [3.8, 4) is 6.07 Å². The molecule has 0 bridgehead atoms. The third-order valence-electron chi connectivity index (χ3n) is 5.64. The number of amides is 1. The number of ether oxygens (including phenoxy) is 1. The van der Waals surface area contributed by atoms with Crippen molar-refractivity contribution >= 4 is 38.2 Å². The molecule has 1 amide bonds. The maximum atomic E-state index is 12.8. The minimum atomic E-state index is -3.68. The number of thiophene rings is 1. The van der Waals surface area contributed by atoms with E-state index in [2.05, 4.69) is 11.4 Å². The number of fused-ring (bicyclic) bond motifs is 1. The van der Waals surface area contributed by atoms with Gasteiger partial charge in [-0.25, -0.2) is 13.2 Å². The summed E-state index contributed by atoms with van der Waals surface area (Å²) in [6.45, 7) is 0.400. The molecule has 2 aromatic rings. The zero-order valence-electron chi connectivity index (χ0n) is 17.4. The van der Waals surface area contributed by atoms with E-state index < -0.39 is 28.5 Å². The van der Waals surface area contributed by atoms with Crippen molar-refractivity contribution in [3.63, 3.8) is 0 Å². The number of nitrogens with zero attached hydrogens (tertiary/aromatic N) is 2. The summed E-state index contributed by atoms with van der Waals surface area (Å²) in [6.07, 6.45) is 5.37. The number of piperidine rings is 1. The minimum absolute atomic E-state index is 0.0325. The van der Waals surface area contributed by atoms with Gasteiger partial charge in [-0.05, 0) is 55.9 Å². The highest BCUT2D eigenvalue weighted by atomic mass is 32.2. The van der Waals surface area contributed by atoms with Crippen molar-refractivity contribution < 1.29 is 22.7 Å². The van der Waals surface area contributed by atoms with Crippen LogP contribution in [-0.2, 0) is 32.4 Å². The fourth-order valence-electron chi connectivity index (χ4n) is 4.03. The normalized spacial score (nSPS) is 16.2. The van der Waals surface area contributed by atoms with Gasteiger partial charge in [-0.15, -0.1) is 11.3 Å². The van der Waals surface area contributed by atoms with Crippen LogP contribution in [0.5, 0.6) is 0 Å². The summed E-state index contributed by atoms with van der Waals surface area (Å²) in [7, 11) is -3.68. The molecule has 1 aromatic heterocycles. The van der Waals surface area contributed by atoms with Crippen LogP contribution in [0.15, 0.2) is 29.2 Å². The highest BCUT2D eigenvalue weighted by molar-refractivity contribution is 7.89. The smallest absolute Gasteiger partial charge is 0.338 e. The van der Waals surface area contributed by atoms with Crippen LogP contribution in [0.4, 0.5) is 5.00 Å². The first-order valence-corrected chi connectivity index (χ1v) is 12.8. The van der Waals surface area contributed by atoms with Crippen molar-refractivity contribution in [2.45, 2.75) is 43.4 Å². The molecule has 2 heterocycles. The Labute approximate surface area is 190 Å². The van der Waals surface area contributed by atoms with Crippen LogP contribution in [0.1, 0.15) is 52.0 Å². The second kappa shape index (κ2) is 9.40. The Hall–Kier alpha value is -2.74. The standard InChI is InChI=1S/C22H23N3O5S2/c23-13-18-17-8-5-9-19(17)31-21(18)24-20(26)14-30-22(27)15-6-4-7-16(12-15)32(28,29)25-10-2-1-3-11-25/h4,6-7,12H,1-3,5,8-11,14H2,(H,24,26). The molecule has 168 valence electrons. The zero-order valence-corrected chi connectivity index (χ0v) is 19.1. The predicted octanol–water partition coefficient (Wildman–Crippen LogP) is 3.08. The first-order valence-electron chi connectivity index (χ1n) is 10.5. The first-order chi connectivity index (χ1) is 15.4. The second-order valence-electron chi connectivity index (χ2n) is 7.79. The van der Waals surface area contributed by atoms with Gasteiger partial charge in [-0.3, -0.25) is 4.79 Å². The van der Waals surface area contributed by atoms with Crippen LogP contribution in [0.2, 0.25) is 0 Å². The molecule has 1 aliphatic heterocycles. The van der Waals surface area contributed by atoms with Crippen molar-refractivity contribution in [1.82, 2.24) is 4.31 Å². The third-order valence-corrected chi connectivity index (χ3v) is 8.74. The molecule has 2 aliphatic rings. The van der Waals surface area contributed by atoms with Crippen LogP contribution in [0.25, 0.3) is 0 Å². The lowest BCUT2D eigenvalue weighted by molar-refractivity contribution is -0.119. The monoisotopic (exact) mass is 473 g/mol. The van der Waals surface area contributed by atoms with Crippen molar-refractivity contribution in [3.05, 3.63) is 45.8 Å². The highest BCUT2D eigenvalue weighted by Crippen LogP contribution is 2.38. The number of hydrogen-bond donors (Lipinski definition) is 1. The maximum Gasteiger partial charge on any atom is 0.338 e. The number of hydrogen-bond acceptors (Lipinski definition) is 7. The molecule has 1 N–H and O–H groups in total. The number of nitrogens with one attached hydrogen (secondary N) is 1. The van der Waals surface area contributed by atoms with E-state index in [1.165, 1.54) is 39.9 Å². The Bertz CT molecular complexity index is 1190. The van der Waals surface area contributed by atoms with Crippen molar-refractivity contribution in [2.75, 3.05) is 25.0 Å². The quantitative estimate of drug-likeness (QED) is 0.645. The van der Waals surface area contributed by atoms with Gasteiger partial charge in [0.15, 0.2) is 6.61 Å². The molecule has 0 saturated carbocycles. The van der Waals surface area contributed by atoms with E-state index in [0.717, 1.165) is 49.0 Å². The molecule has 0 atom stereocenters. The van der Waals surface area contributed by atoms with Gasteiger partial charge in [0.05, 0.1) is 16.0 Å². The average Bonchev–Trinajstić information content (AvgIpc) is 3.39. The van der Waals surface area contributed by atoms with Crippen LogP contribution < -0.4 is 5.32 Å². The second-order valence-corrected chi connectivity index (χ2v) is 10.8. The van der Waals surface area contributed by atoms with E-state index in [4.69, 9.17) is 4.74 Å². The number of aryl methyl sites for hydroxylation is 1. The molecule has 1 aliphatic carbocycles. The summed E-state index contributed by atoms with van der Waals surface area (Å²) in [5.74, 6) is -1.34. The van der Waals surface area contributed by atoms with Gasteiger partial charge < -0.3 is 10.1 Å². The number of sulfonamides is 1. The SMILES string of the molecule is N#Cc1c(NC(=O)COC(=O)c2cccc(S(=O)(=O)N3CCCCC3)c2)sc2c1CCC2. The molecule has 1 saturated heterocycles. The minimum Gasteiger partial charge on any atom is -0.452 e. The molecule has 32 heavy (non-hydrogen) atoms. The number of benzene rings is 1. The fourth-order valence-corrected chi connectivity index (χ4v) is 6.84. The lowest BCUT2D eigenvalue weighted by Gasteiger charge is -2.25. The first kappa shape index (κ1) is 22.5. The molecule has 10 heteroatoms. The number of anilines is 1. The summed E-state index contributed by atoms with van der Waals surface area (Å²) in [5.41, 5.74) is 1.54. The van der Waals surface area contributed by atoms with Gasteiger partial charge in [0.25, 0.3) is 5.91 Å². The molecule has 8 nitrogen and oxygen atoms in total. The average molecular weight is 474 g/mol. The molecule has 0 spiro atoms. The summed E-state index contributed by atoms with van der Waals surface area (Å²) in [6, 6.07) is 7.81. The topological polar surface area (TPSA) is 117 Å². The predicted molar refractivity (Wildman–Crippen MR) is 119 cm³/mol. The molecular weight excluding hydrogens is 450 g/mol. The Balaban J connectivity index is 1.39. The van der Waals surface area contributed by atoms with Gasteiger partial charge in [-0.1, -0.05) is 12.5 Å². The van der Waals surface area contributed by atoms with Crippen LogP contribution in [0.3, 0.4) is 0 Å². The van der Waals surface area contributed by atoms with Gasteiger partial charge in [-0.2, -0.15) is 9.57 Å². The number of rotatable bonds is 6. The lowest BCUT2D eigenvalue weighted by Crippen LogP contribution is -2.35. The summed E-state index contributed by atoms with van der Waals surface area (Å²) in [5, 5.41) is 12.5. The van der Waals surface area contributed by atoms with Gasteiger partial charge >= 0.3 is 5.97 Å². The zero-order chi connectivity index (χ0) is 22.7. The number of carbonyl (C=O) groups excluding carboxylic acids is 2. The van der Waals surface area contributed by atoms with Crippen molar-refractivity contribution in [1.29, 1.82) is 5.26 Å². The number of carbonyl (C=O) groups is 2.